The molecule has 1 aromatic heterocycles. The first-order chi connectivity index (χ1) is 8.44. The first-order valence-electron chi connectivity index (χ1n) is 6.27. The second-order valence-electron chi connectivity index (χ2n) is 5.55. The largest absolute Gasteiger partial charge is 0.458 e. The third-order valence-electron chi connectivity index (χ3n) is 2.75. The molecule has 1 unspecified atom stereocenters. The van der Waals surface area contributed by atoms with Gasteiger partial charge in [0.25, 0.3) is 0 Å². The highest BCUT2D eigenvalue weighted by Crippen LogP contribution is 2.16. The van der Waals surface area contributed by atoms with Crippen molar-refractivity contribution < 1.29 is 14.3 Å². The number of aryl methyl sites for hydroxylation is 1. The maximum absolute atomic E-state index is 11.5. The van der Waals surface area contributed by atoms with Crippen LogP contribution < -0.4 is 0 Å². The molecule has 0 spiro atoms. The zero-order valence-corrected chi connectivity index (χ0v) is 11.2. The molecule has 0 amide bonds. The van der Waals surface area contributed by atoms with Gasteiger partial charge in [-0.3, -0.25) is 0 Å². The number of hydrogen-bond donors (Lipinski definition) is 0. The summed E-state index contributed by atoms with van der Waals surface area (Å²) in [5.41, 5.74) is -0.454. The fourth-order valence-corrected chi connectivity index (χ4v) is 2.03. The van der Waals surface area contributed by atoms with Gasteiger partial charge in [0.1, 0.15) is 18.0 Å². The standard InChI is InChI=1S/C13H20N2O3/c1-13(2,3)18-12(16)9-17-10-4-5-11-14-6-7-15(11)8-10/h6-7,10H,4-5,8-9H2,1-3H3. The predicted molar refractivity (Wildman–Crippen MR) is 66.1 cm³/mol. The summed E-state index contributed by atoms with van der Waals surface area (Å²) < 4.78 is 12.9. The van der Waals surface area contributed by atoms with E-state index in [0.29, 0.717) is 0 Å². The lowest BCUT2D eigenvalue weighted by Crippen LogP contribution is -2.31. The van der Waals surface area contributed by atoms with Crippen LogP contribution in [0.2, 0.25) is 0 Å². The molecule has 0 aromatic carbocycles. The van der Waals surface area contributed by atoms with E-state index in [1.807, 2.05) is 27.0 Å². The second-order valence-corrected chi connectivity index (χ2v) is 5.55. The summed E-state index contributed by atoms with van der Waals surface area (Å²) in [5, 5.41) is 0. The van der Waals surface area contributed by atoms with Gasteiger partial charge >= 0.3 is 5.97 Å². The molecule has 18 heavy (non-hydrogen) atoms. The van der Waals surface area contributed by atoms with Gasteiger partial charge in [-0.15, -0.1) is 0 Å². The maximum Gasteiger partial charge on any atom is 0.332 e. The highest BCUT2D eigenvalue weighted by molar-refractivity contribution is 5.71. The summed E-state index contributed by atoms with van der Waals surface area (Å²) in [6, 6.07) is 0. The number of fused-ring (bicyclic) bond motifs is 1. The Morgan fingerprint density at radius 1 is 1.56 bits per heavy atom. The van der Waals surface area contributed by atoms with Crippen LogP contribution in [-0.4, -0.2) is 33.8 Å². The van der Waals surface area contributed by atoms with Crippen LogP contribution in [0.25, 0.3) is 0 Å². The quantitative estimate of drug-likeness (QED) is 0.766. The summed E-state index contributed by atoms with van der Waals surface area (Å²) in [7, 11) is 0. The normalized spacial score (nSPS) is 19.4. The van der Waals surface area contributed by atoms with Crippen molar-refractivity contribution in [1.29, 1.82) is 0 Å². The van der Waals surface area contributed by atoms with Gasteiger partial charge in [-0.2, -0.15) is 0 Å². The Kier molecular flexibility index (Phi) is 3.71. The summed E-state index contributed by atoms with van der Waals surface area (Å²) in [5.74, 6) is 0.783. The van der Waals surface area contributed by atoms with Gasteiger partial charge < -0.3 is 14.0 Å². The van der Waals surface area contributed by atoms with Crippen molar-refractivity contribution in [2.75, 3.05) is 6.61 Å². The van der Waals surface area contributed by atoms with Crippen molar-refractivity contribution in [3.8, 4) is 0 Å². The van der Waals surface area contributed by atoms with Crippen LogP contribution in [-0.2, 0) is 27.2 Å². The molecule has 100 valence electrons. The molecule has 0 fully saturated rings. The van der Waals surface area contributed by atoms with Gasteiger partial charge in [-0.05, 0) is 27.2 Å². The lowest BCUT2D eigenvalue weighted by molar-refractivity contribution is -0.162. The van der Waals surface area contributed by atoms with Gasteiger partial charge in [0, 0.05) is 18.8 Å². The first-order valence-corrected chi connectivity index (χ1v) is 6.27. The summed E-state index contributed by atoms with van der Waals surface area (Å²) in [4.78, 5) is 15.8. The number of carbonyl (C=O) groups excluding carboxylic acids is 1. The second kappa shape index (κ2) is 5.10. The van der Waals surface area contributed by atoms with Crippen molar-refractivity contribution in [2.45, 2.75) is 51.9 Å². The Labute approximate surface area is 107 Å². The molecule has 2 rings (SSSR count). The molecule has 0 aliphatic carbocycles. The minimum atomic E-state index is -0.454. The predicted octanol–water partition coefficient (Wildman–Crippen LogP) is 1.56. The van der Waals surface area contributed by atoms with Crippen LogP contribution in [0.5, 0.6) is 0 Å². The van der Waals surface area contributed by atoms with E-state index in [-0.39, 0.29) is 18.7 Å². The van der Waals surface area contributed by atoms with E-state index < -0.39 is 5.60 Å². The zero-order chi connectivity index (χ0) is 13.2. The van der Waals surface area contributed by atoms with E-state index in [1.165, 1.54) is 0 Å². The lowest BCUT2D eigenvalue weighted by Gasteiger charge is -2.25. The molecule has 5 nitrogen and oxygen atoms in total. The lowest BCUT2D eigenvalue weighted by atomic mass is 10.1. The summed E-state index contributed by atoms with van der Waals surface area (Å²) in [6.45, 7) is 6.33. The highest BCUT2D eigenvalue weighted by atomic mass is 16.6. The fraction of sp³-hybridized carbons (Fsp3) is 0.692. The molecule has 2 heterocycles. The monoisotopic (exact) mass is 252 g/mol. The average Bonchev–Trinajstić information content (AvgIpc) is 2.71. The Bertz CT molecular complexity index is 420. The van der Waals surface area contributed by atoms with Crippen molar-refractivity contribution >= 4 is 5.97 Å². The number of imidazole rings is 1. The number of carbonyl (C=O) groups is 1. The molecular formula is C13H20N2O3. The number of esters is 1. The molecule has 0 radical (unpaired) electrons. The molecule has 0 saturated heterocycles. The minimum Gasteiger partial charge on any atom is -0.458 e. The summed E-state index contributed by atoms with van der Waals surface area (Å²) >= 11 is 0. The number of rotatable bonds is 3. The molecule has 0 saturated carbocycles. The summed E-state index contributed by atoms with van der Waals surface area (Å²) in [6.07, 6.45) is 5.61. The van der Waals surface area contributed by atoms with E-state index >= 15 is 0 Å². The van der Waals surface area contributed by atoms with Crippen LogP contribution in [0.3, 0.4) is 0 Å². The molecule has 1 aromatic rings. The zero-order valence-electron chi connectivity index (χ0n) is 11.2. The minimum absolute atomic E-state index is 0.0198. The smallest absolute Gasteiger partial charge is 0.332 e. The van der Waals surface area contributed by atoms with E-state index in [9.17, 15) is 4.79 Å². The fourth-order valence-electron chi connectivity index (χ4n) is 2.03. The van der Waals surface area contributed by atoms with E-state index in [2.05, 4.69) is 9.55 Å². The number of ether oxygens (including phenoxy) is 2. The van der Waals surface area contributed by atoms with Gasteiger partial charge in [-0.25, -0.2) is 9.78 Å². The van der Waals surface area contributed by atoms with Crippen molar-refractivity contribution in [3.63, 3.8) is 0 Å². The van der Waals surface area contributed by atoms with Crippen LogP contribution in [0.15, 0.2) is 12.4 Å². The molecule has 1 aliphatic heterocycles. The Morgan fingerprint density at radius 3 is 3.06 bits per heavy atom. The van der Waals surface area contributed by atoms with Crippen molar-refractivity contribution in [1.82, 2.24) is 9.55 Å². The van der Waals surface area contributed by atoms with Gasteiger partial charge in [0.2, 0.25) is 0 Å². The third kappa shape index (κ3) is 3.57. The molecule has 0 N–H and O–H groups in total. The van der Waals surface area contributed by atoms with Gasteiger partial charge in [0.15, 0.2) is 0 Å². The topological polar surface area (TPSA) is 53.4 Å². The average molecular weight is 252 g/mol. The molecule has 1 aliphatic rings. The van der Waals surface area contributed by atoms with Crippen LogP contribution >= 0.6 is 0 Å². The SMILES string of the molecule is CC(C)(C)OC(=O)COC1CCc2nccn2C1. The van der Waals surface area contributed by atoms with E-state index in [1.54, 1.807) is 6.20 Å². The maximum atomic E-state index is 11.5. The van der Waals surface area contributed by atoms with Crippen LogP contribution in [0, 0.1) is 0 Å². The Balaban J connectivity index is 1.77. The molecule has 1 atom stereocenters. The molecular weight excluding hydrogens is 232 g/mol. The van der Waals surface area contributed by atoms with Crippen molar-refractivity contribution in [2.24, 2.45) is 0 Å². The number of hydrogen-bond acceptors (Lipinski definition) is 4. The molecule has 0 bridgehead atoms. The Hall–Kier alpha value is -1.36. The van der Waals surface area contributed by atoms with Gasteiger partial charge in [0.05, 0.1) is 12.6 Å². The Morgan fingerprint density at radius 2 is 2.33 bits per heavy atom. The van der Waals surface area contributed by atoms with Crippen LogP contribution in [0.1, 0.15) is 33.0 Å². The third-order valence-corrected chi connectivity index (χ3v) is 2.75. The van der Waals surface area contributed by atoms with Crippen molar-refractivity contribution in [3.05, 3.63) is 18.2 Å². The molecule has 5 heteroatoms. The number of nitrogens with zero attached hydrogens (tertiary/aromatic N) is 2. The number of aromatic nitrogens is 2. The van der Waals surface area contributed by atoms with Crippen LogP contribution in [0.4, 0.5) is 0 Å². The van der Waals surface area contributed by atoms with E-state index in [0.717, 1.165) is 25.2 Å². The first kappa shape index (κ1) is 13.1. The van der Waals surface area contributed by atoms with E-state index in [4.69, 9.17) is 9.47 Å². The van der Waals surface area contributed by atoms with Gasteiger partial charge in [-0.1, -0.05) is 0 Å². The highest BCUT2D eigenvalue weighted by Gasteiger charge is 2.22.